The molecule has 0 bridgehead atoms. The average molecular weight is 371 g/mol. The summed E-state index contributed by atoms with van der Waals surface area (Å²) < 4.78 is 5.46. The van der Waals surface area contributed by atoms with Gasteiger partial charge < -0.3 is 4.74 Å². The number of hydrogen-bond acceptors (Lipinski definition) is 5. The molecule has 0 N–H and O–H groups in total. The van der Waals surface area contributed by atoms with E-state index in [1.165, 1.54) is 0 Å². The standard InChI is InChI=1S/C21H26N2O2S/c1-2-25-20(24)21(11-6-10-18-8-4-3-5-9-18)12-7-14-23(17-21)16-19-22-13-15-26-19/h3-6,8-10,13,15H,2,7,11-12,14,16-17H2,1H3. The number of allylic oxidation sites excluding steroid dienone is 1. The van der Waals surface area contributed by atoms with E-state index in [9.17, 15) is 4.79 Å². The summed E-state index contributed by atoms with van der Waals surface area (Å²) in [5, 5.41) is 3.10. The molecule has 2 heterocycles. The minimum absolute atomic E-state index is 0.0680. The van der Waals surface area contributed by atoms with Crippen LogP contribution >= 0.6 is 11.3 Å². The number of aromatic nitrogens is 1. The van der Waals surface area contributed by atoms with Crippen molar-refractivity contribution in [3.8, 4) is 0 Å². The minimum atomic E-state index is -0.462. The minimum Gasteiger partial charge on any atom is -0.466 e. The van der Waals surface area contributed by atoms with Crippen LogP contribution in [0.25, 0.3) is 6.08 Å². The van der Waals surface area contributed by atoms with E-state index in [1.54, 1.807) is 11.3 Å². The highest BCUT2D eigenvalue weighted by Gasteiger charge is 2.42. The van der Waals surface area contributed by atoms with E-state index in [-0.39, 0.29) is 5.97 Å². The summed E-state index contributed by atoms with van der Waals surface area (Å²) in [5.41, 5.74) is 0.693. The molecule has 1 aliphatic heterocycles. The second kappa shape index (κ2) is 9.10. The maximum atomic E-state index is 12.8. The van der Waals surface area contributed by atoms with E-state index in [2.05, 4.69) is 34.2 Å². The number of carbonyl (C=O) groups is 1. The van der Waals surface area contributed by atoms with Gasteiger partial charge in [0.2, 0.25) is 0 Å². The van der Waals surface area contributed by atoms with Gasteiger partial charge in [-0.15, -0.1) is 11.3 Å². The van der Waals surface area contributed by atoms with Crippen molar-refractivity contribution in [3.63, 3.8) is 0 Å². The highest BCUT2D eigenvalue weighted by molar-refractivity contribution is 7.09. The van der Waals surface area contributed by atoms with Crippen LogP contribution in [0.3, 0.4) is 0 Å². The molecule has 1 atom stereocenters. The number of rotatable bonds is 7. The van der Waals surface area contributed by atoms with Crippen LogP contribution in [-0.2, 0) is 16.1 Å². The van der Waals surface area contributed by atoms with Crippen LogP contribution in [0.2, 0.25) is 0 Å². The molecule has 26 heavy (non-hydrogen) atoms. The second-order valence-electron chi connectivity index (χ2n) is 6.76. The van der Waals surface area contributed by atoms with Crippen LogP contribution in [0.15, 0.2) is 48.0 Å². The quantitative estimate of drug-likeness (QED) is 0.678. The molecule has 1 aliphatic rings. The lowest BCUT2D eigenvalue weighted by atomic mass is 9.76. The number of benzene rings is 1. The molecular formula is C21H26N2O2S. The topological polar surface area (TPSA) is 42.4 Å². The molecule has 0 saturated carbocycles. The maximum absolute atomic E-state index is 12.8. The molecule has 1 saturated heterocycles. The molecule has 1 aromatic carbocycles. The van der Waals surface area contributed by atoms with Gasteiger partial charge in [0, 0.05) is 18.1 Å². The Morgan fingerprint density at radius 2 is 2.23 bits per heavy atom. The lowest BCUT2D eigenvalue weighted by molar-refractivity contribution is -0.159. The molecular weight excluding hydrogens is 344 g/mol. The zero-order valence-electron chi connectivity index (χ0n) is 15.3. The summed E-state index contributed by atoms with van der Waals surface area (Å²) in [7, 11) is 0. The Bertz CT molecular complexity index is 715. The summed E-state index contributed by atoms with van der Waals surface area (Å²) >= 11 is 1.67. The molecule has 0 aliphatic carbocycles. The van der Waals surface area contributed by atoms with Crippen LogP contribution in [0.5, 0.6) is 0 Å². The largest absolute Gasteiger partial charge is 0.466 e. The summed E-state index contributed by atoms with van der Waals surface area (Å²) in [4.78, 5) is 19.5. The van der Waals surface area contributed by atoms with Gasteiger partial charge in [-0.05, 0) is 38.3 Å². The summed E-state index contributed by atoms with van der Waals surface area (Å²) in [6, 6.07) is 10.2. The Balaban J connectivity index is 1.72. The second-order valence-corrected chi connectivity index (χ2v) is 7.74. The molecule has 2 aromatic rings. The van der Waals surface area contributed by atoms with Crippen LogP contribution in [0, 0.1) is 5.41 Å². The zero-order chi connectivity index (χ0) is 18.2. The van der Waals surface area contributed by atoms with Gasteiger partial charge in [-0.1, -0.05) is 42.5 Å². The van der Waals surface area contributed by atoms with Crippen molar-refractivity contribution in [2.24, 2.45) is 5.41 Å². The third-order valence-corrected chi connectivity index (χ3v) is 5.59. The molecule has 1 unspecified atom stereocenters. The van der Waals surface area contributed by atoms with Crippen molar-refractivity contribution >= 4 is 23.4 Å². The van der Waals surface area contributed by atoms with Crippen molar-refractivity contribution in [3.05, 3.63) is 58.6 Å². The Hall–Kier alpha value is -1.98. The van der Waals surface area contributed by atoms with E-state index in [1.807, 2.05) is 36.7 Å². The lowest BCUT2D eigenvalue weighted by Crippen LogP contribution is -2.48. The van der Waals surface area contributed by atoms with E-state index < -0.39 is 5.41 Å². The first-order valence-electron chi connectivity index (χ1n) is 9.21. The summed E-state index contributed by atoms with van der Waals surface area (Å²) in [5.74, 6) is -0.0680. The van der Waals surface area contributed by atoms with Gasteiger partial charge in [0.1, 0.15) is 5.01 Å². The fraction of sp³-hybridized carbons (Fsp3) is 0.429. The first-order valence-corrected chi connectivity index (χ1v) is 10.1. The van der Waals surface area contributed by atoms with Crippen LogP contribution in [-0.4, -0.2) is 35.5 Å². The molecule has 138 valence electrons. The Kier molecular flexibility index (Phi) is 6.58. The van der Waals surface area contributed by atoms with Crippen molar-refractivity contribution < 1.29 is 9.53 Å². The van der Waals surface area contributed by atoms with Crippen LogP contribution in [0.4, 0.5) is 0 Å². The molecule has 4 nitrogen and oxygen atoms in total. The van der Waals surface area contributed by atoms with Gasteiger partial charge in [0.15, 0.2) is 0 Å². The first kappa shape index (κ1) is 18.8. The molecule has 1 fully saturated rings. The van der Waals surface area contributed by atoms with Gasteiger partial charge in [-0.2, -0.15) is 0 Å². The molecule has 0 amide bonds. The molecule has 0 radical (unpaired) electrons. The van der Waals surface area contributed by atoms with Gasteiger partial charge in [0.05, 0.1) is 18.6 Å². The molecule has 0 spiro atoms. The highest BCUT2D eigenvalue weighted by Crippen LogP contribution is 2.36. The van der Waals surface area contributed by atoms with Crippen molar-refractivity contribution in [1.29, 1.82) is 0 Å². The molecule has 1 aromatic heterocycles. The predicted octanol–water partition coefficient (Wildman–Crippen LogP) is 4.39. The number of esters is 1. The monoisotopic (exact) mass is 370 g/mol. The number of ether oxygens (including phenoxy) is 1. The van der Waals surface area contributed by atoms with E-state index >= 15 is 0 Å². The van der Waals surface area contributed by atoms with Gasteiger partial charge >= 0.3 is 5.97 Å². The van der Waals surface area contributed by atoms with Gasteiger partial charge in [-0.3, -0.25) is 9.69 Å². The number of nitrogens with zero attached hydrogens (tertiary/aromatic N) is 2. The molecule has 3 rings (SSSR count). The van der Waals surface area contributed by atoms with E-state index in [0.29, 0.717) is 13.0 Å². The smallest absolute Gasteiger partial charge is 0.313 e. The third-order valence-electron chi connectivity index (χ3n) is 4.83. The van der Waals surface area contributed by atoms with E-state index in [0.717, 1.165) is 43.0 Å². The lowest BCUT2D eigenvalue weighted by Gasteiger charge is -2.40. The zero-order valence-corrected chi connectivity index (χ0v) is 16.1. The van der Waals surface area contributed by atoms with Crippen LogP contribution < -0.4 is 0 Å². The van der Waals surface area contributed by atoms with Crippen molar-refractivity contribution in [1.82, 2.24) is 9.88 Å². The fourth-order valence-corrected chi connectivity index (χ4v) is 4.23. The predicted molar refractivity (Wildman–Crippen MR) is 106 cm³/mol. The van der Waals surface area contributed by atoms with Crippen molar-refractivity contribution in [2.45, 2.75) is 32.7 Å². The first-order chi connectivity index (χ1) is 12.7. The number of carbonyl (C=O) groups excluding carboxylic acids is 1. The number of piperidine rings is 1. The van der Waals surface area contributed by atoms with Gasteiger partial charge in [-0.25, -0.2) is 4.98 Å². The SMILES string of the molecule is CCOC(=O)C1(CC=Cc2ccccc2)CCCN(Cc2nccs2)C1. The maximum Gasteiger partial charge on any atom is 0.313 e. The summed E-state index contributed by atoms with van der Waals surface area (Å²) in [6.07, 6.45) is 8.64. The van der Waals surface area contributed by atoms with E-state index in [4.69, 9.17) is 4.74 Å². The summed E-state index contributed by atoms with van der Waals surface area (Å²) in [6.45, 7) is 4.84. The number of hydrogen-bond donors (Lipinski definition) is 0. The van der Waals surface area contributed by atoms with Crippen molar-refractivity contribution in [2.75, 3.05) is 19.7 Å². The van der Waals surface area contributed by atoms with Crippen LogP contribution in [0.1, 0.15) is 36.8 Å². The average Bonchev–Trinajstić information content (AvgIpc) is 3.16. The Morgan fingerprint density at radius 1 is 1.38 bits per heavy atom. The molecule has 5 heteroatoms. The third kappa shape index (κ3) is 4.80. The highest BCUT2D eigenvalue weighted by atomic mass is 32.1. The normalized spacial score (nSPS) is 21.1. The Morgan fingerprint density at radius 3 is 2.96 bits per heavy atom. The fourth-order valence-electron chi connectivity index (χ4n) is 3.57. The number of thiazole rings is 1. The van der Waals surface area contributed by atoms with Gasteiger partial charge in [0.25, 0.3) is 0 Å². The number of likely N-dealkylation sites (tertiary alicyclic amines) is 1. The Labute approximate surface area is 159 Å².